The summed E-state index contributed by atoms with van der Waals surface area (Å²) in [6, 6.07) is 5.08. The number of ether oxygens (including phenoxy) is 1. The number of nitrogens with zero attached hydrogens (tertiary/aromatic N) is 1. The Labute approximate surface area is 106 Å². The molecule has 1 amide bonds. The third-order valence-electron chi connectivity index (χ3n) is 2.08. The molecule has 0 aliphatic carbocycles. The summed E-state index contributed by atoms with van der Waals surface area (Å²) in [5, 5.41) is 7.40. The first-order valence-corrected chi connectivity index (χ1v) is 4.96. The minimum absolute atomic E-state index is 0.0652. The summed E-state index contributed by atoms with van der Waals surface area (Å²) in [6.07, 6.45) is -4.77. The lowest BCUT2D eigenvalue weighted by Gasteiger charge is -2.11. The maximum atomic E-state index is 12.4. The molecular weight excluding hydrogens is 263 g/mol. The molecule has 0 fully saturated rings. The van der Waals surface area contributed by atoms with Crippen molar-refractivity contribution in [2.75, 3.05) is 7.05 Å². The van der Waals surface area contributed by atoms with Gasteiger partial charge < -0.3 is 10.5 Å². The highest BCUT2D eigenvalue weighted by molar-refractivity contribution is 6.02. The lowest BCUT2D eigenvalue weighted by Crippen LogP contribution is -2.28. The molecule has 8 heteroatoms. The maximum absolute atomic E-state index is 12.4. The Kier molecular flexibility index (Phi) is 4.26. The van der Waals surface area contributed by atoms with Gasteiger partial charge in [0, 0.05) is 18.2 Å². The molecule has 0 aliphatic heterocycles. The fraction of sp³-hybridized carbons (Fsp3) is 0.182. The number of halogens is 3. The second kappa shape index (κ2) is 5.51. The average Bonchev–Trinajstić information content (AvgIpc) is 2.34. The van der Waals surface area contributed by atoms with Crippen molar-refractivity contribution in [3.63, 3.8) is 0 Å². The molecular formula is C11H10F3N3O2. The van der Waals surface area contributed by atoms with Crippen LogP contribution in [-0.2, 0) is 4.74 Å². The van der Waals surface area contributed by atoms with E-state index in [2.05, 4.69) is 9.73 Å². The van der Waals surface area contributed by atoms with E-state index in [9.17, 15) is 18.0 Å². The fourth-order valence-electron chi connectivity index (χ4n) is 1.17. The van der Waals surface area contributed by atoms with Crippen molar-refractivity contribution < 1.29 is 22.7 Å². The highest BCUT2D eigenvalue weighted by Gasteiger charge is 2.38. The summed E-state index contributed by atoms with van der Waals surface area (Å²) < 4.78 is 41.4. The molecule has 0 bridgehead atoms. The van der Waals surface area contributed by atoms with Gasteiger partial charge in [-0.05, 0) is 24.3 Å². The lowest BCUT2D eigenvalue weighted by molar-refractivity contribution is -0.0718. The number of rotatable bonds is 2. The second-order valence-electron chi connectivity index (χ2n) is 3.40. The van der Waals surface area contributed by atoms with Crippen molar-refractivity contribution in [1.82, 2.24) is 0 Å². The van der Waals surface area contributed by atoms with Gasteiger partial charge in [-0.3, -0.25) is 15.2 Å². The third kappa shape index (κ3) is 3.80. The van der Waals surface area contributed by atoms with E-state index in [-0.39, 0.29) is 11.1 Å². The van der Waals surface area contributed by atoms with Gasteiger partial charge in [-0.25, -0.2) is 0 Å². The van der Waals surface area contributed by atoms with Gasteiger partial charge in [0.25, 0.3) is 5.90 Å². The Balaban J connectivity index is 2.87. The van der Waals surface area contributed by atoms with Gasteiger partial charge in [0.2, 0.25) is 11.8 Å². The van der Waals surface area contributed by atoms with Gasteiger partial charge in [0.1, 0.15) is 0 Å². The minimum atomic E-state index is -4.77. The molecule has 0 saturated carbocycles. The van der Waals surface area contributed by atoms with Gasteiger partial charge in [-0.15, -0.1) is 0 Å². The molecule has 0 aromatic heterocycles. The first kappa shape index (κ1) is 14.7. The van der Waals surface area contributed by atoms with Gasteiger partial charge in [-0.2, -0.15) is 13.2 Å². The highest BCUT2D eigenvalue weighted by Crippen LogP contribution is 2.19. The zero-order valence-corrected chi connectivity index (χ0v) is 9.78. The van der Waals surface area contributed by atoms with Crippen LogP contribution >= 0.6 is 0 Å². The van der Waals surface area contributed by atoms with Crippen LogP contribution in [0.2, 0.25) is 0 Å². The zero-order chi connectivity index (χ0) is 14.6. The largest absolute Gasteiger partial charge is 0.468 e. The normalized spacial score (nSPS) is 12.1. The van der Waals surface area contributed by atoms with Crippen LogP contribution in [0.25, 0.3) is 0 Å². The molecule has 102 valence electrons. The molecule has 5 nitrogen and oxygen atoms in total. The summed E-state index contributed by atoms with van der Waals surface area (Å²) in [5.41, 5.74) is 5.25. The Morgan fingerprint density at radius 2 is 1.74 bits per heavy atom. The number of hydrogen-bond acceptors (Lipinski definition) is 4. The number of primary amides is 1. The molecule has 0 atom stereocenters. The van der Waals surface area contributed by atoms with Crippen molar-refractivity contribution in [2.24, 2.45) is 10.7 Å². The Bertz CT molecular complexity index is 521. The summed E-state index contributed by atoms with van der Waals surface area (Å²) in [4.78, 5) is 13.7. The van der Waals surface area contributed by atoms with E-state index in [4.69, 9.17) is 11.1 Å². The molecule has 0 saturated heterocycles. The number of alkyl halides is 3. The van der Waals surface area contributed by atoms with Crippen LogP contribution in [0.5, 0.6) is 0 Å². The van der Waals surface area contributed by atoms with Crippen LogP contribution in [-0.4, -0.2) is 30.9 Å². The average molecular weight is 273 g/mol. The molecule has 1 aromatic carbocycles. The van der Waals surface area contributed by atoms with E-state index < -0.39 is 23.9 Å². The van der Waals surface area contributed by atoms with Crippen molar-refractivity contribution >= 4 is 17.7 Å². The quantitative estimate of drug-likeness (QED) is 0.634. The number of aliphatic imine (C=N–C) groups is 1. The summed E-state index contributed by atoms with van der Waals surface area (Å²) in [7, 11) is 0.909. The van der Waals surface area contributed by atoms with E-state index in [1.807, 2.05) is 0 Å². The zero-order valence-electron chi connectivity index (χ0n) is 9.78. The van der Waals surface area contributed by atoms with E-state index in [0.717, 1.165) is 7.05 Å². The molecule has 0 heterocycles. The SMILES string of the molecule is CN=C(OC(=N)c1ccc(C(N)=O)cc1)C(F)(F)F. The van der Waals surface area contributed by atoms with Crippen LogP contribution in [0.3, 0.4) is 0 Å². The number of carbonyl (C=O) groups excluding carboxylic acids is 1. The van der Waals surface area contributed by atoms with Crippen molar-refractivity contribution in [3.05, 3.63) is 35.4 Å². The minimum Gasteiger partial charge on any atom is -0.416 e. The van der Waals surface area contributed by atoms with Crippen LogP contribution in [0.15, 0.2) is 29.3 Å². The molecule has 1 rings (SSSR count). The monoisotopic (exact) mass is 273 g/mol. The van der Waals surface area contributed by atoms with Gasteiger partial charge >= 0.3 is 6.18 Å². The van der Waals surface area contributed by atoms with Gasteiger partial charge in [-0.1, -0.05) is 0 Å². The van der Waals surface area contributed by atoms with Crippen LogP contribution < -0.4 is 5.73 Å². The third-order valence-corrected chi connectivity index (χ3v) is 2.08. The lowest BCUT2D eigenvalue weighted by atomic mass is 10.1. The number of carbonyl (C=O) groups is 1. The molecule has 0 aliphatic rings. The van der Waals surface area contributed by atoms with Crippen molar-refractivity contribution in [1.29, 1.82) is 5.41 Å². The summed E-state index contributed by atoms with van der Waals surface area (Å²) >= 11 is 0. The first-order valence-electron chi connectivity index (χ1n) is 4.96. The highest BCUT2D eigenvalue weighted by atomic mass is 19.4. The number of nitrogens with one attached hydrogen (secondary N) is 1. The van der Waals surface area contributed by atoms with Crippen LogP contribution in [0.1, 0.15) is 15.9 Å². The Hall–Kier alpha value is -2.38. The molecule has 19 heavy (non-hydrogen) atoms. The van der Waals surface area contributed by atoms with Crippen LogP contribution in [0.4, 0.5) is 13.2 Å². The van der Waals surface area contributed by atoms with E-state index in [0.29, 0.717) is 0 Å². The molecule has 0 unspecified atom stereocenters. The van der Waals surface area contributed by atoms with E-state index >= 15 is 0 Å². The van der Waals surface area contributed by atoms with Crippen molar-refractivity contribution in [2.45, 2.75) is 6.18 Å². The standard InChI is InChI=1S/C11H10F3N3O2/c1-17-10(11(12,13)14)19-9(16)7-4-2-6(3-5-7)8(15)18/h2-5,16H,1H3,(H2,15,18). The Morgan fingerprint density at radius 1 is 1.26 bits per heavy atom. The van der Waals surface area contributed by atoms with Crippen molar-refractivity contribution in [3.8, 4) is 0 Å². The fourth-order valence-corrected chi connectivity index (χ4v) is 1.17. The predicted molar refractivity (Wildman–Crippen MR) is 62.3 cm³/mol. The Morgan fingerprint density at radius 3 is 2.11 bits per heavy atom. The predicted octanol–water partition coefficient (Wildman–Crippen LogP) is 1.72. The number of benzene rings is 1. The molecule has 1 aromatic rings. The van der Waals surface area contributed by atoms with E-state index in [1.54, 1.807) is 0 Å². The van der Waals surface area contributed by atoms with Gasteiger partial charge in [0.15, 0.2) is 0 Å². The molecule has 0 spiro atoms. The number of nitrogens with two attached hydrogens (primary N) is 1. The maximum Gasteiger partial charge on any atom is 0.468 e. The van der Waals surface area contributed by atoms with Gasteiger partial charge in [0.05, 0.1) is 0 Å². The first-order chi connectivity index (χ1) is 8.75. The van der Waals surface area contributed by atoms with E-state index in [1.165, 1.54) is 24.3 Å². The number of amides is 1. The summed E-state index contributed by atoms with van der Waals surface area (Å²) in [5.74, 6) is -2.92. The molecule has 0 radical (unpaired) electrons. The number of hydrogen-bond donors (Lipinski definition) is 2. The van der Waals surface area contributed by atoms with Crippen LogP contribution in [0, 0.1) is 5.41 Å². The molecule has 3 N–H and O–H groups in total. The topological polar surface area (TPSA) is 88.5 Å². The second-order valence-corrected chi connectivity index (χ2v) is 3.40. The smallest absolute Gasteiger partial charge is 0.416 e. The summed E-state index contributed by atoms with van der Waals surface area (Å²) in [6.45, 7) is 0.